The van der Waals surface area contributed by atoms with Crippen molar-refractivity contribution in [2.75, 3.05) is 0 Å². The van der Waals surface area contributed by atoms with Crippen molar-refractivity contribution in [2.45, 2.75) is 46.3 Å². The number of amides is 1. The van der Waals surface area contributed by atoms with Crippen molar-refractivity contribution in [1.29, 1.82) is 0 Å². The molecule has 1 amide bonds. The van der Waals surface area contributed by atoms with E-state index in [0.29, 0.717) is 0 Å². The maximum Gasteiger partial charge on any atom is 0.408 e. The van der Waals surface area contributed by atoms with E-state index in [2.05, 4.69) is 0 Å². The molecule has 0 aromatic carbocycles. The maximum atomic E-state index is 11.2. The zero-order chi connectivity index (χ0) is 12.9. The van der Waals surface area contributed by atoms with E-state index in [0.717, 1.165) is 0 Å². The van der Waals surface area contributed by atoms with Crippen LogP contribution in [0.1, 0.15) is 34.6 Å². The molecule has 0 rings (SSSR count). The molecule has 1 unspecified atom stereocenters. The molecule has 0 radical (unpaired) electrons. The molecule has 0 aromatic rings. The molecule has 17 heavy (non-hydrogen) atoms. The fraction of sp³-hybridized carbons (Fsp3) is 0.700. The van der Waals surface area contributed by atoms with Crippen LogP contribution in [0, 0.1) is 0 Å². The molecule has 0 aliphatic rings. The molecule has 7 heteroatoms. The number of rotatable bonds is 4. The largest absolute Gasteiger partial charge is 0.481 e. The molecule has 0 aromatic heterocycles. The Morgan fingerprint density at radius 1 is 1.24 bits per heavy atom. The average molecular weight is 249 g/mol. The monoisotopic (exact) mass is 249 g/mol. The Labute approximate surface area is 99.8 Å². The van der Waals surface area contributed by atoms with Crippen LogP contribution in [-0.2, 0) is 14.3 Å². The average Bonchev–Trinajstić information content (AvgIpc) is 1.97. The SMILES string of the molecule is C.CC(C)(C)OC(=O)NC(CC(=O)O)C(=O)O. The van der Waals surface area contributed by atoms with E-state index >= 15 is 0 Å². The molecular weight excluding hydrogens is 230 g/mol. The lowest BCUT2D eigenvalue weighted by molar-refractivity contribution is -0.145. The van der Waals surface area contributed by atoms with Crippen LogP contribution < -0.4 is 5.32 Å². The minimum absolute atomic E-state index is 0. The third-order valence-corrected chi connectivity index (χ3v) is 1.37. The Hall–Kier alpha value is -1.79. The van der Waals surface area contributed by atoms with Crippen LogP contribution in [0.3, 0.4) is 0 Å². The highest BCUT2D eigenvalue weighted by atomic mass is 16.6. The van der Waals surface area contributed by atoms with Gasteiger partial charge in [-0.15, -0.1) is 0 Å². The van der Waals surface area contributed by atoms with Gasteiger partial charge in [-0.05, 0) is 20.8 Å². The molecule has 3 N–H and O–H groups in total. The summed E-state index contributed by atoms with van der Waals surface area (Å²) in [4.78, 5) is 32.1. The van der Waals surface area contributed by atoms with Gasteiger partial charge in [0.05, 0.1) is 6.42 Å². The molecule has 100 valence electrons. The van der Waals surface area contributed by atoms with Crippen LogP contribution in [0.4, 0.5) is 4.79 Å². The van der Waals surface area contributed by atoms with E-state index in [9.17, 15) is 14.4 Å². The number of carbonyl (C=O) groups excluding carboxylic acids is 1. The lowest BCUT2D eigenvalue weighted by atomic mass is 10.2. The molecule has 0 spiro atoms. The van der Waals surface area contributed by atoms with Crippen molar-refractivity contribution in [3.05, 3.63) is 0 Å². The summed E-state index contributed by atoms with van der Waals surface area (Å²) in [5, 5.41) is 19.0. The van der Waals surface area contributed by atoms with Crippen molar-refractivity contribution in [1.82, 2.24) is 5.32 Å². The summed E-state index contributed by atoms with van der Waals surface area (Å²) in [7, 11) is 0. The molecule has 0 saturated carbocycles. The molecule has 0 heterocycles. The first-order valence-corrected chi connectivity index (χ1v) is 4.56. The lowest BCUT2D eigenvalue weighted by Gasteiger charge is -2.21. The van der Waals surface area contributed by atoms with Gasteiger partial charge in [0.2, 0.25) is 0 Å². The number of carboxylic acid groups (broad SMARTS) is 2. The number of alkyl carbamates (subject to hydrolysis) is 1. The summed E-state index contributed by atoms with van der Waals surface area (Å²) in [5.74, 6) is -2.74. The number of ether oxygens (including phenoxy) is 1. The van der Waals surface area contributed by atoms with Gasteiger partial charge < -0.3 is 20.3 Å². The molecule has 0 aliphatic heterocycles. The number of hydrogen-bond acceptors (Lipinski definition) is 4. The fourth-order valence-corrected chi connectivity index (χ4v) is 0.825. The minimum atomic E-state index is -1.49. The second-order valence-electron chi connectivity index (χ2n) is 4.13. The third-order valence-electron chi connectivity index (χ3n) is 1.37. The second kappa shape index (κ2) is 6.72. The lowest BCUT2D eigenvalue weighted by Crippen LogP contribution is -2.44. The normalized spacial score (nSPS) is 11.9. The smallest absolute Gasteiger partial charge is 0.408 e. The van der Waals surface area contributed by atoms with Crippen molar-refractivity contribution in [2.24, 2.45) is 0 Å². The zero-order valence-electron chi connectivity index (χ0n) is 9.31. The predicted molar refractivity (Wildman–Crippen MR) is 59.8 cm³/mol. The standard InChI is InChI=1S/C9H15NO6.CH4/c1-9(2,3)16-8(15)10-5(7(13)14)4-6(11)12;/h5H,4H2,1-3H3,(H,10,15)(H,11,12)(H,13,14);1H4. The van der Waals surface area contributed by atoms with Crippen molar-refractivity contribution < 1.29 is 29.3 Å². The second-order valence-corrected chi connectivity index (χ2v) is 4.13. The zero-order valence-corrected chi connectivity index (χ0v) is 9.31. The van der Waals surface area contributed by atoms with Gasteiger partial charge in [0.25, 0.3) is 0 Å². The fourth-order valence-electron chi connectivity index (χ4n) is 0.825. The molecule has 0 bridgehead atoms. The Morgan fingerprint density at radius 3 is 2.00 bits per heavy atom. The number of aliphatic carboxylic acids is 2. The quantitative estimate of drug-likeness (QED) is 0.687. The molecular formula is C10H19NO6. The summed E-state index contributed by atoms with van der Waals surface area (Å²) in [6.07, 6.45) is -1.66. The van der Waals surface area contributed by atoms with Crippen molar-refractivity contribution >= 4 is 18.0 Å². The van der Waals surface area contributed by atoms with Crippen LogP contribution in [0.25, 0.3) is 0 Å². The first-order chi connectivity index (χ1) is 7.11. The first kappa shape index (κ1) is 17.6. The van der Waals surface area contributed by atoms with Gasteiger partial charge >= 0.3 is 18.0 Å². The van der Waals surface area contributed by atoms with E-state index in [4.69, 9.17) is 14.9 Å². The van der Waals surface area contributed by atoms with Crippen molar-refractivity contribution in [3.8, 4) is 0 Å². The Morgan fingerprint density at radius 2 is 1.71 bits per heavy atom. The Kier molecular flexibility index (Phi) is 6.96. The molecule has 0 fully saturated rings. The third kappa shape index (κ3) is 9.16. The van der Waals surface area contributed by atoms with Crippen LogP contribution >= 0.6 is 0 Å². The van der Waals surface area contributed by atoms with E-state index in [1.54, 1.807) is 20.8 Å². The maximum absolute atomic E-state index is 11.2. The summed E-state index contributed by atoms with van der Waals surface area (Å²) in [5.41, 5.74) is -0.767. The summed E-state index contributed by atoms with van der Waals surface area (Å²) in [6.45, 7) is 4.83. The molecule has 7 nitrogen and oxygen atoms in total. The first-order valence-electron chi connectivity index (χ1n) is 4.56. The molecule has 1 atom stereocenters. The van der Waals surface area contributed by atoms with Crippen LogP contribution in [0.5, 0.6) is 0 Å². The molecule has 0 aliphatic carbocycles. The van der Waals surface area contributed by atoms with Gasteiger partial charge in [0.15, 0.2) is 0 Å². The van der Waals surface area contributed by atoms with Gasteiger partial charge in [-0.3, -0.25) is 4.79 Å². The summed E-state index contributed by atoms with van der Waals surface area (Å²) >= 11 is 0. The van der Waals surface area contributed by atoms with Gasteiger partial charge in [0, 0.05) is 0 Å². The summed E-state index contributed by atoms with van der Waals surface area (Å²) in [6, 6.07) is -1.49. The number of carboxylic acids is 2. The van der Waals surface area contributed by atoms with Gasteiger partial charge in [-0.2, -0.15) is 0 Å². The van der Waals surface area contributed by atoms with E-state index < -0.39 is 36.1 Å². The van der Waals surface area contributed by atoms with Crippen LogP contribution in [-0.4, -0.2) is 39.9 Å². The highest BCUT2D eigenvalue weighted by molar-refractivity contribution is 5.84. The number of nitrogens with one attached hydrogen (secondary N) is 1. The summed E-state index contributed by atoms with van der Waals surface area (Å²) < 4.78 is 4.79. The van der Waals surface area contributed by atoms with Crippen LogP contribution in [0.2, 0.25) is 0 Å². The predicted octanol–water partition coefficient (Wildman–Crippen LogP) is 1.08. The highest BCUT2D eigenvalue weighted by Crippen LogP contribution is 2.07. The van der Waals surface area contributed by atoms with E-state index in [1.165, 1.54) is 0 Å². The topological polar surface area (TPSA) is 113 Å². The van der Waals surface area contributed by atoms with Gasteiger partial charge in [-0.25, -0.2) is 9.59 Å². The minimum Gasteiger partial charge on any atom is -0.481 e. The van der Waals surface area contributed by atoms with E-state index in [1.807, 2.05) is 5.32 Å². The van der Waals surface area contributed by atoms with Gasteiger partial charge in [-0.1, -0.05) is 7.43 Å². The number of carbonyl (C=O) groups is 3. The molecule has 0 saturated heterocycles. The Balaban J connectivity index is 0. The Bertz CT molecular complexity index is 294. The van der Waals surface area contributed by atoms with E-state index in [-0.39, 0.29) is 7.43 Å². The van der Waals surface area contributed by atoms with Gasteiger partial charge in [0.1, 0.15) is 11.6 Å². The van der Waals surface area contributed by atoms with Crippen LogP contribution in [0.15, 0.2) is 0 Å². The number of hydrogen-bond donors (Lipinski definition) is 3. The highest BCUT2D eigenvalue weighted by Gasteiger charge is 2.25. The van der Waals surface area contributed by atoms with Crippen molar-refractivity contribution in [3.63, 3.8) is 0 Å².